The second-order valence-corrected chi connectivity index (χ2v) is 4.50. The number of terminal acetylenes is 1. The number of esters is 1. The molecule has 0 aliphatic heterocycles. The van der Waals surface area contributed by atoms with Crippen LogP contribution in [0, 0.1) is 18.3 Å². The van der Waals surface area contributed by atoms with Crippen LogP contribution in [-0.2, 0) is 9.53 Å². The Hall–Kier alpha value is -1.01. The van der Waals surface area contributed by atoms with Crippen molar-refractivity contribution in [2.24, 2.45) is 5.92 Å². The number of nitrogens with one attached hydrogen (secondary N) is 1. The van der Waals surface area contributed by atoms with Gasteiger partial charge in [0.1, 0.15) is 5.54 Å². The van der Waals surface area contributed by atoms with Crippen molar-refractivity contribution in [3.8, 4) is 12.3 Å². The fourth-order valence-electron chi connectivity index (χ4n) is 2.57. The second-order valence-electron chi connectivity index (χ2n) is 4.50. The highest BCUT2D eigenvalue weighted by Crippen LogP contribution is 2.34. The van der Waals surface area contributed by atoms with Crippen molar-refractivity contribution < 1.29 is 9.53 Å². The molecule has 1 fully saturated rings. The van der Waals surface area contributed by atoms with E-state index in [-0.39, 0.29) is 5.97 Å². The molecule has 1 rings (SSSR count). The lowest BCUT2D eigenvalue weighted by atomic mass is 9.74. The number of carbonyl (C=O) groups is 1. The zero-order valence-electron chi connectivity index (χ0n) is 10.2. The van der Waals surface area contributed by atoms with Crippen LogP contribution in [0.4, 0.5) is 0 Å². The zero-order chi connectivity index (χ0) is 12.0. The third-order valence-corrected chi connectivity index (χ3v) is 3.54. The summed E-state index contributed by atoms with van der Waals surface area (Å²) in [5.41, 5.74) is -0.542. The first-order valence-corrected chi connectivity index (χ1v) is 5.95. The van der Waals surface area contributed by atoms with Gasteiger partial charge in [0.25, 0.3) is 0 Å². The average molecular weight is 223 g/mol. The Kier molecular flexibility index (Phi) is 4.82. The molecule has 16 heavy (non-hydrogen) atoms. The number of hydrogen-bond donors (Lipinski definition) is 1. The smallest absolute Gasteiger partial charge is 0.326 e. The van der Waals surface area contributed by atoms with Gasteiger partial charge in [-0.3, -0.25) is 10.1 Å². The normalized spacial score (nSPS) is 29.4. The number of rotatable bonds is 4. The van der Waals surface area contributed by atoms with Gasteiger partial charge in [-0.2, -0.15) is 0 Å². The highest BCUT2D eigenvalue weighted by atomic mass is 16.5. The Balaban J connectivity index is 2.77. The molecule has 1 aliphatic carbocycles. The molecule has 1 N–H and O–H groups in total. The molecule has 0 aromatic rings. The van der Waals surface area contributed by atoms with Crippen LogP contribution in [0.5, 0.6) is 0 Å². The lowest BCUT2D eigenvalue weighted by molar-refractivity contribution is -0.150. The van der Waals surface area contributed by atoms with Crippen molar-refractivity contribution in [3.05, 3.63) is 0 Å². The Morgan fingerprint density at radius 1 is 1.69 bits per heavy atom. The van der Waals surface area contributed by atoms with Crippen LogP contribution in [0.2, 0.25) is 0 Å². The van der Waals surface area contributed by atoms with Crippen molar-refractivity contribution in [1.82, 2.24) is 5.32 Å². The monoisotopic (exact) mass is 223 g/mol. The van der Waals surface area contributed by atoms with Crippen LogP contribution in [0.15, 0.2) is 0 Å². The van der Waals surface area contributed by atoms with Crippen LogP contribution in [0.3, 0.4) is 0 Å². The minimum Gasteiger partial charge on any atom is -0.468 e. The first-order valence-electron chi connectivity index (χ1n) is 5.95. The van der Waals surface area contributed by atoms with Crippen LogP contribution in [-0.4, -0.2) is 25.2 Å². The van der Waals surface area contributed by atoms with E-state index in [1.807, 2.05) is 0 Å². The van der Waals surface area contributed by atoms with Crippen LogP contribution < -0.4 is 5.32 Å². The molecule has 0 aromatic heterocycles. The number of carbonyl (C=O) groups excluding carboxylic acids is 1. The molecule has 0 bridgehead atoms. The summed E-state index contributed by atoms with van der Waals surface area (Å²) in [6, 6.07) is 0. The molecule has 2 unspecified atom stereocenters. The molecule has 3 heteroatoms. The maximum Gasteiger partial charge on any atom is 0.326 e. The minimum absolute atomic E-state index is 0.166. The van der Waals surface area contributed by atoms with Crippen LogP contribution in [0.25, 0.3) is 0 Å². The first kappa shape index (κ1) is 13.1. The number of methoxy groups -OCH3 is 1. The van der Waals surface area contributed by atoms with Crippen molar-refractivity contribution in [1.29, 1.82) is 0 Å². The largest absolute Gasteiger partial charge is 0.468 e. The van der Waals surface area contributed by atoms with Crippen molar-refractivity contribution in [2.45, 2.75) is 44.6 Å². The van der Waals surface area contributed by atoms with E-state index >= 15 is 0 Å². The Morgan fingerprint density at radius 3 is 3.00 bits per heavy atom. The topological polar surface area (TPSA) is 38.3 Å². The quantitative estimate of drug-likeness (QED) is 0.582. The second kappa shape index (κ2) is 5.91. The summed E-state index contributed by atoms with van der Waals surface area (Å²) in [5.74, 6) is 2.96. The van der Waals surface area contributed by atoms with Crippen molar-refractivity contribution in [3.63, 3.8) is 0 Å². The summed E-state index contributed by atoms with van der Waals surface area (Å²) < 4.78 is 4.91. The molecular formula is C13H21NO2. The third kappa shape index (κ3) is 2.76. The summed E-state index contributed by atoms with van der Waals surface area (Å²) >= 11 is 0. The molecule has 2 atom stereocenters. The molecule has 0 radical (unpaired) electrons. The molecule has 0 amide bonds. The fraction of sp³-hybridized carbons (Fsp3) is 0.769. The van der Waals surface area contributed by atoms with E-state index < -0.39 is 5.54 Å². The maximum atomic E-state index is 11.9. The SMILES string of the molecule is C#CCNC1(C(=O)OC)CCCC(CC)C1. The first-order chi connectivity index (χ1) is 7.68. The van der Waals surface area contributed by atoms with Gasteiger partial charge in [0, 0.05) is 0 Å². The number of hydrogen-bond acceptors (Lipinski definition) is 3. The van der Waals surface area contributed by atoms with Gasteiger partial charge in [0.15, 0.2) is 0 Å². The standard InChI is InChI=1S/C13H21NO2/c1-4-9-14-13(12(15)16-3)8-6-7-11(5-2)10-13/h1,11,14H,5-10H2,2-3H3. The number of ether oxygens (including phenoxy) is 1. The van der Waals surface area contributed by atoms with Gasteiger partial charge in [-0.15, -0.1) is 6.42 Å². The molecule has 3 nitrogen and oxygen atoms in total. The highest BCUT2D eigenvalue weighted by molar-refractivity contribution is 5.81. The summed E-state index contributed by atoms with van der Waals surface area (Å²) in [4.78, 5) is 11.9. The molecule has 0 aromatic carbocycles. The molecule has 0 spiro atoms. The van der Waals surface area contributed by atoms with E-state index in [1.165, 1.54) is 13.5 Å². The Labute approximate surface area is 97.9 Å². The molecule has 1 aliphatic rings. The van der Waals surface area contributed by atoms with Crippen molar-refractivity contribution >= 4 is 5.97 Å². The van der Waals surface area contributed by atoms with Gasteiger partial charge < -0.3 is 4.74 Å². The van der Waals surface area contributed by atoms with Crippen LogP contribution >= 0.6 is 0 Å². The van der Waals surface area contributed by atoms with E-state index in [0.717, 1.165) is 25.7 Å². The summed E-state index contributed by atoms with van der Waals surface area (Å²) in [6.07, 6.45) is 10.3. The van der Waals surface area contributed by atoms with Gasteiger partial charge in [-0.05, 0) is 18.8 Å². The van der Waals surface area contributed by atoms with E-state index in [4.69, 9.17) is 11.2 Å². The van der Waals surface area contributed by atoms with E-state index in [0.29, 0.717) is 12.5 Å². The molecule has 1 saturated carbocycles. The molecule has 0 heterocycles. The van der Waals surface area contributed by atoms with E-state index in [1.54, 1.807) is 0 Å². The van der Waals surface area contributed by atoms with Gasteiger partial charge in [0.2, 0.25) is 0 Å². The predicted molar refractivity (Wildman–Crippen MR) is 63.8 cm³/mol. The third-order valence-electron chi connectivity index (χ3n) is 3.54. The van der Waals surface area contributed by atoms with Crippen molar-refractivity contribution in [2.75, 3.05) is 13.7 Å². The average Bonchev–Trinajstić information content (AvgIpc) is 2.35. The summed E-state index contributed by atoms with van der Waals surface area (Å²) in [7, 11) is 1.44. The Bertz CT molecular complexity index is 282. The fourth-order valence-corrected chi connectivity index (χ4v) is 2.57. The minimum atomic E-state index is -0.542. The lowest BCUT2D eigenvalue weighted by Crippen LogP contribution is -2.55. The molecule has 90 valence electrons. The highest BCUT2D eigenvalue weighted by Gasteiger charge is 2.42. The Morgan fingerprint density at radius 2 is 2.44 bits per heavy atom. The van der Waals surface area contributed by atoms with Gasteiger partial charge >= 0.3 is 5.97 Å². The van der Waals surface area contributed by atoms with E-state index in [2.05, 4.69) is 18.2 Å². The maximum absolute atomic E-state index is 11.9. The molecule has 0 saturated heterocycles. The summed E-state index contributed by atoms with van der Waals surface area (Å²) in [5, 5.41) is 3.19. The van der Waals surface area contributed by atoms with Gasteiger partial charge in [0.05, 0.1) is 13.7 Å². The lowest BCUT2D eigenvalue weighted by Gasteiger charge is -2.38. The molecular weight excluding hydrogens is 202 g/mol. The van der Waals surface area contributed by atoms with E-state index in [9.17, 15) is 4.79 Å². The summed E-state index contributed by atoms with van der Waals surface area (Å²) in [6.45, 7) is 2.59. The van der Waals surface area contributed by atoms with Gasteiger partial charge in [-0.1, -0.05) is 32.1 Å². The van der Waals surface area contributed by atoms with Crippen LogP contribution in [0.1, 0.15) is 39.0 Å². The predicted octanol–water partition coefficient (Wildman–Crippen LogP) is 1.72. The van der Waals surface area contributed by atoms with Gasteiger partial charge in [-0.25, -0.2) is 0 Å². The zero-order valence-corrected chi connectivity index (χ0v) is 10.2.